The maximum atomic E-state index is 13.5. The number of anilines is 1. The standard InChI is InChI=1S/C27H23FN4O2/c1-16-9-10-20(15-17(16)2)24-23(26-30-25(31-34-26)19-7-5-4-6-8-19)18(3)32(27(33)29-24)22-13-11-21(28)12-14-22/h4-15,24H,1-3H3,(H,29,33). The molecule has 2 heterocycles. The van der Waals surface area contributed by atoms with E-state index in [0.717, 1.165) is 22.3 Å². The summed E-state index contributed by atoms with van der Waals surface area (Å²) < 4.78 is 19.3. The number of carbonyl (C=O) groups excluding carboxylic acids is 1. The molecule has 170 valence electrons. The lowest BCUT2D eigenvalue weighted by atomic mass is 9.92. The van der Waals surface area contributed by atoms with E-state index >= 15 is 0 Å². The van der Waals surface area contributed by atoms with E-state index < -0.39 is 6.04 Å². The van der Waals surface area contributed by atoms with Crippen LogP contribution in [0.25, 0.3) is 17.0 Å². The third-order valence-corrected chi connectivity index (χ3v) is 6.12. The number of carbonyl (C=O) groups is 1. The molecule has 0 radical (unpaired) electrons. The first kappa shape index (κ1) is 21.6. The van der Waals surface area contributed by atoms with Gasteiger partial charge in [-0.1, -0.05) is 53.7 Å². The van der Waals surface area contributed by atoms with Gasteiger partial charge in [0, 0.05) is 11.3 Å². The zero-order valence-corrected chi connectivity index (χ0v) is 19.0. The Kier molecular flexibility index (Phi) is 5.45. The number of allylic oxidation sites excluding steroid dienone is 1. The lowest BCUT2D eigenvalue weighted by Crippen LogP contribution is -2.46. The topological polar surface area (TPSA) is 71.3 Å². The number of halogens is 1. The van der Waals surface area contributed by atoms with Gasteiger partial charge in [-0.3, -0.25) is 4.90 Å². The lowest BCUT2D eigenvalue weighted by molar-refractivity contribution is 0.244. The van der Waals surface area contributed by atoms with Gasteiger partial charge in [0.2, 0.25) is 5.82 Å². The Bertz CT molecular complexity index is 1390. The Labute approximate surface area is 196 Å². The second kappa shape index (κ2) is 8.59. The number of amides is 2. The van der Waals surface area contributed by atoms with Crippen LogP contribution in [0, 0.1) is 19.7 Å². The van der Waals surface area contributed by atoms with Crippen molar-refractivity contribution in [3.63, 3.8) is 0 Å². The van der Waals surface area contributed by atoms with E-state index in [0.29, 0.717) is 28.7 Å². The molecule has 1 aromatic heterocycles. The highest BCUT2D eigenvalue weighted by atomic mass is 19.1. The van der Waals surface area contributed by atoms with Crippen LogP contribution in [0.4, 0.5) is 14.9 Å². The highest BCUT2D eigenvalue weighted by Gasteiger charge is 2.36. The molecular formula is C27H23FN4O2. The van der Waals surface area contributed by atoms with Crippen molar-refractivity contribution in [3.05, 3.63) is 107 Å². The predicted octanol–water partition coefficient (Wildman–Crippen LogP) is 6.19. The summed E-state index contributed by atoms with van der Waals surface area (Å²) in [5, 5.41) is 7.26. The Morgan fingerprint density at radius 1 is 0.941 bits per heavy atom. The van der Waals surface area contributed by atoms with Crippen molar-refractivity contribution >= 4 is 17.3 Å². The quantitative estimate of drug-likeness (QED) is 0.399. The van der Waals surface area contributed by atoms with Crippen molar-refractivity contribution in [2.75, 3.05) is 4.90 Å². The lowest BCUT2D eigenvalue weighted by Gasteiger charge is -2.35. The van der Waals surface area contributed by atoms with Crippen molar-refractivity contribution in [3.8, 4) is 11.4 Å². The summed E-state index contributed by atoms with van der Waals surface area (Å²) in [7, 11) is 0. The van der Waals surface area contributed by atoms with E-state index in [4.69, 9.17) is 4.52 Å². The van der Waals surface area contributed by atoms with Crippen molar-refractivity contribution in [1.29, 1.82) is 0 Å². The summed E-state index contributed by atoms with van der Waals surface area (Å²) in [5.41, 5.74) is 5.85. The predicted molar refractivity (Wildman–Crippen MR) is 128 cm³/mol. The van der Waals surface area contributed by atoms with Gasteiger partial charge in [0.1, 0.15) is 5.82 Å². The first-order valence-corrected chi connectivity index (χ1v) is 11.0. The van der Waals surface area contributed by atoms with Crippen LogP contribution in [0.2, 0.25) is 0 Å². The SMILES string of the molecule is CC1=C(c2nc(-c3ccccc3)no2)C(c2ccc(C)c(C)c2)NC(=O)N1c1ccc(F)cc1. The molecule has 0 spiro atoms. The molecule has 0 saturated heterocycles. The number of nitrogens with one attached hydrogen (secondary N) is 1. The van der Waals surface area contributed by atoms with Crippen LogP contribution in [-0.4, -0.2) is 16.2 Å². The highest BCUT2D eigenvalue weighted by molar-refractivity contribution is 6.01. The molecule has 0 aliphatic carbocycles. The second-order valence-corrected chi connectivity index (χ2v) is 8.33. The van der Waals surface area contributed by atoms with Gasteiger partial charge >= 0.3 is 6.03 Å². The van der Waals surface area contributed by atoms with Crippen molar-refractivity contribution in [2.24, 2.45) is 0 Å². The van der Waals surface area contributed by atoms with Gasteiger partial charge in [0.15, 0.2) is 0 Å². The van der Waals surface area contributed by atoms with Gasteiger partial charge in [0.25, 0.3) is 5.89 Å². The van der Waals surface area contributed by atoms with Crippen LogP contribution in [-0.2, 0) is 0 Å². The molecule has 5 rings (SSSR count). The van der Waals surface area contributed by atoms with Crippen LogP contribution >= 0.6 is 0 Å². The Morgan fingerprint density at radius 2 is 1.68 bits per heavy atom. The van der Waals surface area contributed by atoms with Gasteiger partial charge in [0.05, 0.1) is 17.3 Å². The van der Waals surface area contributed by atoms with Crippen LogP contribution in [0.3, 0.4) is 0 Å². The first-order chi connectivity index (χ1) is 16.4. The summed E-state index contributed by atoms with van der Waals surface area (Å²) >= 11 is 0. The summed E-state index contributed by atoms with van der Waals surface area (Å²) in [6, 6.07) is 20.6. The molecule has 0 fully saturated rings. The number of nitrogens with zero attached hydrogens (tertiary/aromatic N) is 3. The first-order valence-electron chi connectivity index (χ1n) is 11.0. The molecule has 7 heteroatoms. The van der Waals surface area contributed by atoms with Crippen LogP contribution < -0.4 is 10.2 Å². The molecule has 34 heavy (non-hydrogen) atoms. The molecular weight excluding hydrogens is 431 g/mol. The minimum absolute atomic E-state index is 0.312. The molecule has 1 unspecified atom stereocenters. The molecule has 4 aromatic rings. The van der Waals surface area contributed by atoms with E-state index in [9.17, 15) is 9.18 Å². The van der Waals surface area contributed by atoms with Crippen molar-refractivity contribution < 1.29 is 13.7 Å². The third kappa shape index (κ3) is 3.85. The maximum absolute atomic E-state index is 13.5. The Morgan fingerprint density at radius 3 is 2.38 bits per heavy atom. The fraction of sp³-hybridized carbons (Fsp3) is 0.148. The summed E-state index contributed by atoms with van der Waals surface area (Å²) in [6.07, 6.45) is 0. The van der Waals surface area contributed by atoms with Crippen LogP contribution in [0.1, 0.15) is 35.5 Å². The smallest absolute Gasteiger partial charge is 0.326 e. The molecule has 1 atom stereocenters. The molecule has 0 saturated carbocycles. The van der Waals surface area contributed by atoms with Crippen molar-refractivity contribution in [1.82, 2.24) is 15.5 Å². The zero-order valence-electron chi connectivity index (χ0n) is 19.0. The van der Waals surface area contributed by atoms with E-state index in [-0.39, 0.29) is 11.8 Å². The Balaban J connectivity index is 1.67. The fourth-order valence-electron chi connectivity index (χ4n) is 4.15. The zero-order chi connectivity index (χ0) is 23.8. The minimum Gasteiger partial charge on any atom is -0.334 e. The van der Waals surface area contributed by atoms with Crippen LogP contribution in [0.15, 0.2) is 83.0 Å². The highest BCUT2D eigenvalue weighted by Crippen LogP contribution is 2.39. The van der Waals surface area contributed by atoms with Crippen LogP contribution in [0.5, 0.6) is 0 Å². The number of aromatic nitrogens is 2. The number of hydrogen-bond acceptors (Lipinski definition) is 4. The van der Waals surface area contributed by atoms with E-state index in [1.165, 1.54) is 17.0 Å². The molecule has 6 nitrogen and oxygen atoms in total. The van der Waals surface area contributed by atoms with Gasteiger partial charge in [-0.25, -0.2) is 9.18 Å². The summed E-state index contributed by atoms with van der Waals surface area (Å²) in [4.78, 5) is 19.4. The van der Waals surface area contributed by atoms with Gasteiger partial charge in [-0.05, 0) is 61.7 Å². The number of aryl methyl sites for hydroxylation is 2. The average Bonchev–Trinajstić information content (AvgIpc) is 3.32. The number of rotatable bonds is 4. The molecule has 1 aliphatic rings. The monoisotopic (exact) mass is 454 g/mol. The number of urea groups is 1. The van der Waals surface area contributed by atoms with E-state index in [2.05, 4.69) is 21.5 Å². The van der Waals surface area contributed by atoms with Gasteiger partial charge in [-0.15, -0.1) is 0 Å². The second-order valence-electron chi connectivity index (χ2n) is 8.33. The number of benzene rings is 3. The van der Waals surface area contributed by atoms with E-state index in [1.54, 1.807) is 12.1 Å². The molecule has 3 aromatic carbocycles. The third-order valence-electron chi connectivity index (χ3n) is 6.12. The number of hydrogen-bond donors (Lipinski definition) is 1. The Hall–Kier alpha value is -4.26. The molecule has 0 bridgehead atoms. The molecule has 1 N–H and O–H groups in total. The van der Waals surface area contributed by atoms with Gasteiger partial charge < -0.3 is 9.84 Å². The fourth-order valence-corrected chi connectivity index (χ4v) is 4.15. The normalized spacial score (nSPS) is 16.1. The van der Waals surface area contributed by atoms with Crippen molar-refractivity contribution in [2.45, 2.75) is 26.8 Å². The summed E-state index contributed by atoms with van der Waals surface area (Å²) in [6.45, 7) is 5.91. The molecule has 2 amide bonds. The molecule has 1 aliphatic heterocycles. The average molecular weight is 455 g/mol. The van der Waals surface area contributed by atoms with E-state index in [1.807, 2.05) is 63.2 Å². The minimum atomic E-state index is -0.493. The summed E-state index contributed by atoms with van der Waals surface area (Å²) in [5.74, 6) is 0.395. The largest absolute Gasteiger partial charge is 0.334 e. The van der Waals surface area contributed by atoms with Gasteiger partial charge in [-0.2, -0.15) is 4.98 Å². The maximum Gasteiger partial charge on any atom is 0.326 e.